The zero-order valence-corrected chi connectivity index (χ0v) is 15.6. The number of urea groups is 1. The van der Waals surface area contributed by atoms with E-state index in [1.165, 1.54) is 5.69 Å². The summed E-state index contributed by atoms with van der Waals surface area (Å²) in [5.74, 6) is 0.765. The summed E-state index contributed by atoms with van der Waals surface area (Å²) in [6, 6.07) is 10.2. The van der Waals surface area contributed by atoms with Crippen LogP contribution in [0.25, 0.3) is 0 Å². The van der Waals surface area contributed by atoms with E-state index in [1.807, 2.05) is 32.0 Å². The highest BCUT2D eigenvalue weighted by Crippen LogP contribution is 2.14. The highest BCUT2D eigenvalue weighted by Gasteiger charge is 2.14. The average molecular weight is 344 g/mol. The first kappa shape index (κ1) is 18.8. The Hall–Kier alpha value is -2.50. The molecule has 0 bridgehead atoms. The van der Waals surface area contributed by atoms with Crippen molar-refractivity contribution in [3.05, 3.63) is 47.3 Å². The Morgan fingerprint density at radius 3 is 2.52 bits per heavy atom. The fraction of sp³-hybridized carbons (Fsp3) is 0.474. The van der Waals surface area contributed by atoms with Crippen molar-refractivity contribution in [3.8, 4) is 0 Å². The second kappa shape index (κ2) is 9.11. The fourth-order valence-corrected chi connectivity index (χ4v) is 2.65. The van der Waals surface area contributed by atoms with Gasteiger partial charge in [0.25, 0.3) is 0 Å². The van der Waals surface area contributed by atoms with Gasteiger partial charge in [0, 0.05) is 38.4 Å². The van der Waals surface area contributed by atoms with Crippen LogP contribution in [0.15, 0.2) is 34.9 Å². The van der Waals surface area contributed by atoms with E-state index in [-0.39, 0.29) is 6.03 Å². The number of nitrogens with one attached hydrogen (secondary N) is 1. The molecule has 0 unspecified atom stereocenters. The Balaban J connectivity index is 1.65. The van der Waals surface area contributed by atoms with Gasteiger partial charge in [-0.25, -0.2) is 4.79 Å². The van der Waals surface area contributed by atoms with Crippen molar-refractivity contribution < 1.29 is 9.32 Å². The Labute approximate surface area is 149 Å². The molecule has 0 radical (unpaired) electrons. The molecule has 1 aromatic heterocycles. The average Bonchev–Trinajstić information content (AvgIpc) is 2.93. The molecule has 1 aromatic carbocycles. The number of hydrogen-bond acceptors (Lipinski definition) is 4. The monoisotopic (exact) mass is 344 g/mol. The van der Waals surface area contributed by atoms with E-state index in [0.29, 0.717) is 13.1 Å². The number of carbonyl (C=O) groups excluding carboxylic acids is 1. The maximum Gasteiger partial charge on any atom is 0.317 e. The van der Waals surface area contributed by atoms with Crippen LogP contribution in [-0.4, -0.2) is 43.3 Å². The van der Waals surface area contributed by atoms with E-state index in [9.17, 15) is 4.79 Å². The lowest BCUT2D eigenvalue weighted by molar-refractivity contribution is 0.206. The number of unbranched alkanes of at least 4 members (excludes halogenated alkanes) is 1. The molecule has 136 valence electrons. The number of para-hydroxylation sites is 1. The molecule has 0 fully saturated rings. The topological polar surface area (TPSA) is 61.6 Å². The van der Waals surface area contributed by atoms with Crippen LogP contribution >= 0.6 is 0 Å². The zero-order chi connectivity index (χ0) is 18.2. The van der Waals surface area contributed by atoms with Crippen molar-refractivity contribution in [2.75, 3.05) is 32.1 Å². The van der Waals surface area contributed by atoms with E-state index in [1.54, 1.807) is 11.9 Å². The normalized spacial score (nSPS) is 10.6. The van der Waals surface area contributed by atoms with Gasteiger partial charge >= 0.3 is 6.03 Å². The number of aromatic nitrogens is 1. The zero-order valence-electron chi connectivity index (χ0n) is 15.6. The first-order chi connectivity index (χ1) is 12.0. The third kappa shape index (κ3) is 5.52. The Morgan fingerprint density at radius 2 is 1.88 bits per heavy atom. The molecule has 6 heteroatoms. The summed E-state index contributed by atoms with van der Waals surface area (Å²) in [6.45, 7) is 5.90. The number of nitrogens with zero attached hydrogens (tertiary/aromatic N) is 3. The van der Waals surface area contributed by atoms with Gasteiger partial charge < -0.3 is 19.6 Å². The second-order valence-electron chi connectivity index (χ2n) is 6.35. The van der Waals surface area contributed by atoms with Crippen LogP contribution in [0.1, 0.15) is 29.9 Å². The van der Waals surface area contributed by atoms with Gasteiger partial charge in [-0.15, -0.1) is 0 Å². The van der Waals surface area contributed by atoms with Gasteiger partial charge in [0.2, 0.25) is 0 Å². The minimum atomic E-state index is -0.0728. The number of hydrogen-bond donors (Lipinski definition) is 1. The molecule has 1 heterocycles. The summed E-state index contributed by atoms with van der Waals surface area (Å²) >= 11 is 0. The minimum absolute atomic E-state index is 0.0728. The van der Waals surface area contributed by atoms with Gasteiger partial charge in [0.1, 0.15) is 5.76 Å². The highest BCUT2D eigenvalue weighted by atomic mass is 16.5. The predicted molar refractivity (Wildman–Crippen MR) is 99.8 cm³/mol. The van der Waals surface area contributed by atoms with Crippen molar-refractivity contribution in [3.63, 3.8) is 0 Å². The van der Waals surface area contributed by atoms with Crippen LogP contribution in [0, 0.1) is 13.8 Å². The molecule has 0 aliphatic carbocycles. The first-order valence-corrected chi connectivity index (χ1v) is 8.66. The molecular weight excluding hydrogens is 316 g/mol. The van der Waals surface area contributed by atoms with Crippen molar-refractivity contribution in [1.82, 2.24) is 15.4 Å². The predicted octanol–water partition coefficient (Wildman–Crippen LogP) is 3.35. The van der Waals surface area contributed by atoms with Crippen LogP contribution in [0.3, 0.4) is 0 Å². The van der Waals surface area contributed by atoms with E-state index >= 15 is 0 Å². The molecular formula is C19H28N4O2. The van der Waals surface area contributed by atoms with E-state index in [0.717, 1.165) is 36.4 Å². The number of amides is 2. The number of anilines is 1. The van der Waals surface area contributed by atoms with Crippen molar-refractivity contribution >= 4 is 11.7 Å². The molecule has 0 aliphatic heterocycles. The van der Waals surface area contributed by atoms with E-state index in [4.69, 9.17) is 4.52 Å². The molecule has 0 atom stereocenters. The van der Waals surface area contributed by atoms with Crippen LogP contribution in [0.4, 0.5) is 10.5 Å². The van der Waals surface area contributed by atoms with Gasteiger partial charge in [0.15, 0.2) is 0 Å². The molecule has 2 rings (SSSR count). The fourth-order valence-electron chi connectivity index (χ4n) is 2.65. The molecule has 0 saturated heterocycles. The maximum atomic E-state index is 12.2. The first-order valence-electron chi connectivity index (χ1n) is 8.66. The molecule has 2 aromatic rings. The van der Waals surface area contributed by atoms with E-state index < -0.39 is 0 Å². The smallest absolute Gasteiger partial charge is 0.317 e. The Kier molecular flexibility index (Phi) is 6.86. The van der Waals surface area contributed by atoms with Gasteiger partial charge in [0.05, 0.1) is 12.2 Å². The third-order valence-electron chi connectivity index (χ3n) is 4.32. The summed E-state index contributed by atoms with van der Waals surface area (Å²) in [4.78, 5) is 16.0. The molecule has 6 nitrogen and oxygen atoms in total. The summed E-state index contributed by atoms with van der Waals surface area (Å²) in [5, 5.41) is 6.88. The maximum absolute atomic E-state index is 12.2. The second-order valence-corrected chi connectivity index (χ2v) is 6.35. The lowest BCUT2D eigenvalue weighted by Gasteiger charge is -2.20. The molecule has 0 aliphatic rings. The lowest BCUT2D eigenvalue weighted by Crippen LogP contribution is -2.37. The van der Waals surface area contributed by atoms with Gasteiger partial charge in [-0.05, 0) is 38.8 Å². The lowest BCUT2D eigenvalue weighted by atomic mass is 10.2. The molecule has 1 N–H and O–H groups in total. The molecule has 25 heavy (non-hydrogen) atoms. The Bertz CT molecular complexity index is 650. The summed E-state index contributed by atoms with van der Waals surface area (Å²) < 4.78 is 5.13. The van der Waals surface area contributed by atoms with E-state index in [2.05, 4.69) is 34.6 Å². The summed E-state index contributed by atoms with van der Waals surface area (Å²) in [6.07, 6.45) is 1.97. The van der Waals surface area contributed by atoms with Gasteiger partial charge in [-0.1, -0.05) is 23.4 Å². The van der Waals surface area contributed by atoms with Crippen molar-refractivity contribution in [2.45, 2.75) is 33.2 Å². The van der Waals surface area contributed by atoms with Crippen LogP contribution in [0.2, 0.25) is 0 Å². The number of carbonyl (C=O) groups is 1. The SMILES string of the molecule is Cc1noc(C)c1CN(C)C(=O)NCCCCN(C)c1ccccc1. The number of benzene rings is 1. The van der Waals surface area contributed by atoms with Crippen molar-refractivity contribution in [1.29, 1.82) is 0 Å². The molecule has 2 amide bonds. The quantitative estimate of drug-likeness (QED) is 0.746. The number of aryl methyl sites for hydroxylation is 2. The van der Waals surface area contributed by atoms with Crippen LogP contribution in [-0.2, 0) is 6.54 Å². The van der Waals surface area contributed by atoms with Crippen LogP contribution < -0.4 is 10.2 Å². The largest absolute Gasteiger partial charge is 0.375 e. The number of rotatable bonds is 8. The highest BCUT2D eigenvalue weighted by molar-refractivity contribution is 5.73. The molecule has 0 spiro atoms. The summed E-state index contributed by atoms with van der Waals surface area (Å²) in [7, 11) is 3.87. The van der Waals surface area contributed by atoms with Crippen LogP contribution in [0.5, 0.6) is 0 Å². The molecule has 0 saturated carbocycles. The Morgan fingerprint density at radius 1 is 1.16 bits per heavy atom. The standard InChI is InChI=1S/C19H28N4O2/c1-15-18(16(2)25-21-15)14-23(4)19(24)20-12-8-9-13-22(3)17-10-6-5-7-11-17/h5-7,10-11H,8-9,12-14H2,1-4H3,(H,20,24). The van der Waals surface area contributed by atoms with Gasteiger partial charge in [-0.3, -0.25) is 0 Å². The van der Waals surface area contributed by atoms with Crippen molar-refractivity contribution in [2.24, 2.45) is 0 Å². The minimum Gasteiger partial charge on any atom is -0.375 e. The van der Waals surface area contributed by atoms with Gasteiger partial charge in [-0.2, -0.15) is 0 Å². The summed E-state index contributed by atoms with van der Waals surface area (Å²) in [5.41, 5.74) is 3.02. The third-order valence-corrected chi connectivity index (χ3v) is 4.32.